The lowest BCUT2D eigenvalue weighted by atomic mass is 9.98. The average molecular weight is 255 g/mol. The number of nitrogens with zero attached hydrogens (tertiary/aromatic N) is 1. The summed E-state index contributed by atoms with van der Waals surface area (Å²) >= 11 is 0. The van der Waals surface area contributed by atoms with Gasteiger partial charge in [0.05, 0.1) is 0 Å². The first-order valence-electron chi connectivity index (χ1n) is 7.11. The summed E-state index contributed by atoms with van der Waals surface area (Å²) < 4.78 is 0. The zero-order valence-electron chi connectivity index (χ0n) is 11.5. The lowest BCUT2D eigenvalue weighted by Gasteiger charge is -2.32. The zero-order chi connectivity index (χ0) is 13.5. The number of carbonyl (C=O) groups is 2. The Kier molecular flexibility index (Phi) is 6.16. The number of rotatable bonds is 4. The van der Waals surface area contributed by atoms with Crippen LogP contribution in [0.25, 0.3) is 0 Å². The van der Waals surface area contributed by atoms with Gasteiger partial charge in [0.1, 0.15) is 6.04 Å². The molecular weight excluding hydrogens is 230 g/mol. The molecule has 1 rings (SSSR count). The van der Waals surface area contributed by atoms with Gasteiger partial charge in [0.25, 0.3) is 0 Å². The molecule has 18 heavy (non-hydrogen) atoms. The van der Waals surface area contributed by atoms with Crippen molar-refractivity contribution in [3.63, 3.8) is 0 Å². The van der Waals surface area contributed by atoms with E-state index in [2.05, 4.69) is 0 Å². The largest absolute Gasteiger partial charge is 0.480 e. The van der Waals surface area contributed by atoms with Crippen molar-refractivity contribution < 1.29 is 14.7 Å². The smallest absolute Gasteiger partial charge is 0.326 e. The Labute approximate surface area is 109 Å². The Morgan fingerprint density at radius 1 is 1.28 bits per heavy atom. The summed E-state index contributed by atoms with van der Waals surface area (Å²) in [6, 6.07) is -0.614. The van der Waals surface area contributed by atoms with Crippen LogP contribution in [-0.2, 0) is 9.59 Å². The first kappa shape index (κ1) is 15.0. The predicted octanol–water partition coefficient (Wildman–Crippen LogP) is 2.67. The van der Waals surface area contributed by atoms with Gasteiger partial charge in [0.15, 0.2) is 0 Å². The van der Waals surface area contributed by atoms with Crippen LogP contribution < -0.4 is 0 Å². The minimum atomic E-state index is -0.853. The third-order valence-corrected chi connectivity index (χ3v) is 3.71. The molecule has 1 heterocycles. The summed E-state index contributed by atoms with van der Waals surface area (Å²) in [6.45, 7) is 4.55. The third kappa shape index (κ3) is 4.00. The molecule has 0 aliphatic carbocycles. The first-order valence-corrected chi connectivity index (χ1v) is 7.11. The van der Waals surface area contributed by atoms with Gasteiger partial charge in [-0.15, -0.1) is 0 Å². The second kappa shape index (κ2) is 7.39. The van der Waals surface area contributed by atoms with E-state index in [1.807, 2.05) is 13.8 Å². The number of hydrogen-bond donors (Lipinski definition) is 1. The van der Waals surface area contributed by atoms with Crippen LogP contribution in [-0.4, -0.2) is 34.5 Å². The predicted molar refractivity (Wildman–Crippen MR) is 70.3 cm³/mol. The molecule has 0 spiro atoms. The SMILES string of the molecule is CCCC(C)C(=O)N1CCCCCCC1C(=O)O. The molecule has 1 fully saturated rings. The van der Waals surface area contributed by atoms with Crippen molar-refractivity contribution in [3.8, 4) is 0 Å². The quantitative estimate of drug-likeness (QED) is 0.840. The molecule has 2 unspecified atom stereocenters. The van der Waals surface area contributed by atoms with Gasteiger partial charge in [-0.25, -0.2) is 4.79 Å². The number of likely N-dealkylation sites (tertiary alicyclic amines) is 1. The monoisotopic (exact) mass is 255 g/mol. The van der Waals surface area contributed by atoms with Crippen molar-refractivity contribution in [1.82, 2.24) is 4.90 Å². The zero-order valence-corrected chi connectivity index (χ0v) is 11.5. The lowest BCUT2D eigenvalue weighted by Crippen LogP contribution is -2.48. The van der Waals surface area contributed by atoms with Gasteiger partial charge in [0.2, 0.25) is 5.91 Å². The van der Waals surface area contributed by atoms with Gasteiger partial charge in [-0.2, -0.15) is 0 Å². The fourth-order valence-corrected chi connectivity index (χ4v) is 2.65. The summed E-state index contributed by atoms with van der Waals surface area (Å²) in [5.41, 5.74) is 0. The van der Waals surface area contributed by atoms with E-state index in [0.29, 0.717) is 13.0 Å². The molecule has 1 N–H and O–H groups in total. The van der Waals surface area contributed by atoms with Crippen LogP contribution in [0.3, 0.4) is 0 Å². The number of aliphatic carboxylic acids is 1. The van der Waals surface area contributed by atoms with E-state index < -0.39 is 12.0 Å². The number of hydrogen-bond acceptors (Lipinski definition) is 2. The summed E-state index contributed by atoms with van der Waals surface area (Å²) in [5.74, 6) is -0.892. The van der Waals surface area contributed by atoms with E-state index >= 15 is 0 Å². The highest BCUT2D eigenvalue weighted by atomic mass is 16.4. The fourth-order valence-electron chi connectivity index (χ4n) is 2.65. The molecule has 0 aromatic heterocycles. The van der Waals surface area contributed by atoms with Crippen molar-refractivity contribution in [2.75, 3.05) is 6.54 Å². The molecule has 1 aliphatic heterocycles. The third-order valence-electron chi connectivity index (χ3n) is 3.71. The Morgan fingerprint density at radius 3 is 2.56 bits per heavy atom. The van der Waals surface area contributed by atoms with Gasteiger partial charge in [0, 0.05) is 12.5 Å². The molecular formula is C14H25NO3. The molecule has 104 valence electrons. The minimum Gasteiger partial charge on any atom is -0.480 e. The maximum atomic E-state index is 12.3. The maximum Gasteiger partial charge on any atom is 0.326 e. The van der Waals surface area contributed by atoms with Gasteiger partial charge < -0.3 is 10.0 Å². The molecule has 0 aromatic rings. The Hall–Kier alpha value is -1.06. The van der Waals surface area contributed by atoms with Crippen molar-refractivity contribution in [2.24, 2.45) is 5.92 Å². The number of carboxylic acids is 1. The molecule has 1 aliphatic rings. The molecule has 4 heteroatoms. The Balaban J connectivity index is 2.76. The molecule has 1 saturated heterocycles. The molecule has 2 atom stereocenters. The van der Waals surface area contributed by atoms with Crippen molar-refractivity contribution >= 4 is 11.9 Å². The fraction of sp³-hybridized carbons (Fsp3) is 0.857. The number of carboxylic acid groups (broad SMARTS) is 1. The second-order valence-electron chi connectivity index (χ2n) is 5.28. The molecule has 0 saturated carbocycles. The molecule has 0 aromatic carbocycles. The molecule has 0 radical (unpaired) electrons. The van der Waals surface area contributed by atoms with Crippen LogP contribution in [0.2, 0.25) is 0 Å². The number of carbonyl (C=O) groups excluding carboxylic acids is 1. The van der Waals surface area contributed by atoms with E-state index in [9.17, 15) is 14.7 Å². The van der Waals surface area contributed by atoms with Crippen LogP contribution in [0.15, 0.2) is 0 Å². The number of amides is 1. The van der Waals surface area contributed by atoms with E-state index in [4.69, 9.17) is 0 Å². The van der Waals surface area contributed by atoms with Gasteiger partial charge in [-0.05, 0) is 19.3 Å². The maximum absolute atomic E-state index is 12.3. The molecule has 0 bridgehead atoms. The van der Waals surface area contributed by atoms with Crippen molar-refractivity contribution in [2.45, 2.75) is 64.8 Å². The summed E-state index contributed by atoms with van der Waals surface area (Å²) in [5, 5.41) is 9.29. The molecule has 1 amide bonds. The average Bonchev–Trinajstić information content (AvgIpc) is 2.27. The topological polar surface area (TPSA) is 57.6 Å². The van der Waals surface area contributed by atoms with Crippen LogP contribution in [0.1, 0.15) is 58.8 Å². The van der Waals surface area contributed by atoms with Crippen molar-refractivity contribution in [1.29, 1.82) is 0 Å². The van der Waals surface area contributed by atoms with Crippen LogP contribution in [0.4, 0.5) is 0 Å². The van der Waals surface area contributed by atoms with Gasteiger partial charge >= 0.3 is 5.97 Å². The van der Waals surface area contributed by atoms with Crippen LogP contribution in [0.5, 0.6) is 0 Å². The lowest BCUT2D eigenvalue weighted by molar-refractivity contribution is -0.152. The van der Waals surface area contributed by atoms with E-state index in [0.717, 1.165) is 38.5 Å². The van der Waals surface area contributed by atoms with Crippen LogP contribution in [0, 0.1) is 5.92 Å². The molecule has 4 nitrogen and oxygen atoms in total. The second-order valence-corrected chi connectivity index (χ2v) is 5.28. The van der Waals surface area contributed by atoms with E-state index in [1.54, 1.807) is 4.90 Å². The summed E-state index contributed by atoms with van der Waals surface area (Å²) in [6.07, 6.45) is 6.39. The van der Waals surface area contributed by atoms with Gasteiger partial charge in [-0.1, -0.05) is 39.5 Å². The minimum absolute atomic E-state index is 0.0196. The van der Waals surface area contributed by atoms with E-state index in [1.165, 1.54) is 0 Å². The van der Waals surface area contributed by atoms with E-state index in [-0.39, 0.29) is 11.8 Å². The Bertz CT molecular complexity index is 291. The normalized spacial score (nSPS) is 23.0. The Morgan fingerprint density at radius 2 is 1.94 bits per heavy atom. The first-order chi connectivity index (χ1) is 8.57. The standard InChI is InChI=1S/C14H25NO3/c1-3-8-11(2)13(16)15-10-7-5-4-6-9-12(15)14(17)18/h11-12H,3-10H2,1-2H3,(H,17,18). The highest BCUT2D eigenvalue weighted by Gasteiger charge is 2.31. The van der Waals surface area contributed by atoms with Gasteiger partial charge in [-0.3, -0.25) is 4.79 Å². The highest BCUT2D eigenvalue weighted by molar-refractivity contribution is 5.84. The summed E-state index contributed by atoms with van der Waals surface area (Å²) in [7, 11) is 0. The summed E-state index contributed by atoms with van der Waals surface area (Å²) in [4.78, 5) is 25.3. The van der Waals surface area contributed by atoms with Crippen molar-refractivity contribution in [3.05, 3.63) is 0 Å². The highest BCUT2D eigenvalue weighted by Crippen LogP contribution is 2.20. The van der Waals surface area contributed by atoms with Crippen LogP contribution >= 0.6 is 0 Å².